The highest BCUT2D eigenvalue weighted by Gasteiger charge is 2.45. The first-order valence-electron chi connectivity index (χ1n) is 13.2. The van der Waals surface area contributed by atoms with E-state index in [0.29, 0.717) is 18.9 Å². The van der Waals surface area contributed by atoms with Gasteiger partial charge in [0.2, 0.25) is 5.91 Å². The predicted molar refractivity (Wildman–Crippen MR) is 145 cm³/mol. The number of rotatable bonds is 11. The molecule has 10 heteroatoms. The van der Waals surface area contributed by atoms with Gasteiger partial charge in [-0.3, -0.25) is 14.3 Å². The highest BCUT2D eigenvalue weighted by Crippen LogP contribution is 2.40. The minimum Gasteiger partial charge on any atom is -0.481 e. The van der Waals surface area contributed by atoms with Crippen molar-refractivity contribution in [2.45, 2.75) is 57.7 Å². The molecule has 5 rings (SSSR count). The van der Waals surface area contributed by atoms with E-state index < -0.39 is 11.4 Å². The number of fused-ring (bicyclic) bond motifs is 1. The summed E-state index contributed by atoms with van der Waals surface area (Å²) >= 11 is 1.48. The molecule has 0 spiro atoms. The van der Waals surface area contributed by atoms with Crippen molar-refractivity contribution in [1.82, 2.24) is 25.0 Å². The third-order valence-electron chi connectivity index (χ3n) is 7.76. The lowest BCUT2D eigenvalue weighted by Crippen LogP contribution is -2.43. The van der Waals surface area contributed by atoms with E-state index in [4.69, 9.17) is 9.72 Å². The van der Waals surface area contributed by atoms with Gasteiger partial charge in [-0.05, 0) is 49.8 Å². The van der Waals surface area contributed by atoms with Gasteiger partial charge in [0, 0.05) is 43.9 Å². The average Bonchev–Trinajstić information content (AvgIpc) is 3.66. The number of nitrogens with one attached hydrogen (secondary N) is 1. The van der Waals surface area contributed by atoms with Gasteiger partial charge >= 0.3 is 5.97 Å². The standard InChI is InChI=1S/C28H35N5O4S/c1-37-23-7-11-32(12-8-23)9-4-10-33-18-22(16-30-33)24-19-38-25(31-24)17-29-27(36)28(15-26(34)35)13-20-5-2-3-6-21(20)14-28/h2-3,5-6,16,18-19,23H,4,7-15,17H2,1H3,(H,29,36)(H,34,35). The summed E-state index contributed by atoms with van der Waals surface area (Å²) in [6, 6.07) is 7.81. The number of likely N-dealkylation sites (tertiary alicyclic amines) is 1. The van der Waals surface area contributed by atoms with Crippen LogP contribution in [-0.4, -0.2) is 69.5 Å². The smallest absolute Gasteiger partial charge is 0.304 e. The van der Waals surface area contributed by atoms with E-state index in [1.165, 1.54) is 11.3 Å². The Bertz CT molecular complexity index is 1240. The van der Waals surface area contributed by atoms with Crippen LogP contribution >= 0.6 is 11.3 Å². The number of carboxylic acid groups (broad SMARTS) is 1. The Kier molecular flexibility index (Phi) is 8.21. The van der Waals surface area contributed by atoms with Crippen LogP contribution in [0.15, 0.2) is 42.0 Å². The van der Waals surface area contributed by atoms with Gasteiger partial charge in [0.05, 0.1) is 36.4 Å². The number of aromatic nitrogens is 3. The molecule has 0 bridgehead atoms. The fourth-order valence-corrected chi connectivity index (χ4v) is 6.40. The number of aliphatic carboxylic acids is 1. The number of aryl methyl sites for hydroxylation is 1. The molecule has 1 amide bonds. The van der Waals surface area contributed by atoms with Crippen molar-refractivity contribution in [2.24, 2.45) is 5.41 Å². The Balaban J connectivity index is 1.13. The summed E-state index contributed by atoms with van der Waals surface area (Å²) in [6.45, 7) is 4.36. The van der Waals surface area contributed by atoms with Crippen molar-refractivity contribution in [3.05, 3.63) is 58.2 Å². The monoisotopic (exact) mass is 537 g/mol. The van der Waals surface area contributed by atoms with Gasteiger partial charge in [-0.2, -0.15) is 5.10 Å². The number of piperidine rings is 1. The number of hydrogen-bond donors (Lipinski definition) is 2. The normalized spacial score (nSPS) is 17.4. The summed E-state index contributed by atoms with van der Waals surface area (Å²) in [6.07, 6.45) is 8.18. The lowest BCUT2D eigenvalue weighted by molar-refractivity contribution is -0.145. The van der Waals surface area contributed by atoms with Crippen molar-refractivity contribution in [1.29, 1.82) is 0 Å². The quantitative estimate of drug-likeness (QED) is 0.386. The molecule has 3 heterocycles. The van der Waals surface area contributed by atoms with Crippen LogP contribution in [0.2, 0.25) is 0 Å². The van der Waals surface area contributed by atoms with Crippen LogP contribution in [0.3, 0.4) is 0 Å². The number of nitrogens with zero attached hydrogens (tertiary/aromatic N) is 4. The van der Waals surface area contributed by atoms with Gasteiger partial charge in [-0.1, -0.05) is 24.3 Å². The fraction of sp³-hybridized carbons (Fsp3) is 0.500. The van der Waals surface area contributed by atoms with E-state index >= 15 is 0 Å². The third-order valence-corrected chi connectivity index (χ3v) is 8.61. The molecule has 3 aromatic rings. The number of thiazole rings is 1. The molecule has 202 valence electrons. The van der Waals surface area contributed by atoms with Crippen LogP contribution in [-0.2, 0) is 40.3 Å². The molecule has 1 aliphatic heterocycles. The molecule has 0 saturated carbocycles. The van der Waals surface area contributed by atoms with Crippen molar-refractivity contribution in [3.63, 3.8) is 0 Å². The Morgan fingerprint density at radius 1 is 1.18 bits per heavy atom. The minimum atomic E-state index is -0.962. The molecular weight excluding hydrogens is 502 g/mol. The van der Waals surface area contributed by atoms with Gasteiger partial charge in [0.1, 0.15) is 5.01 Å². The minimum absolute atomic E-state index is 0.193. The fourth-order valence-electron chi connectivity index (χ4n) is 5.66. The Morgan fingerprint density at radius 2 is 1.92 bits per heavy atom. The summed E-state index contributed by atoms with van der Waals surface area (Å²) in [5, 5.41) is 19.8. The van der Waals surface area contributed by atoms with Crippen LogP contribution in [0.4, 0.5) is 0 Å². The molecule has 2 aromatic heterocycles. The molecule has 0 radical (unpaired) electrons. The average molecular weight is 538 g/mol. The van der Waals surface area contributed by atoms with Gasteiger partial charge in [0.15, 0.2) is 0 Å². The summed E-state index contributed by atoms with van der Waals surface area (Å²) in [5.74, 6) is -1.19. The molecule has 1 aromatic carbocycles. The predicted octanol–water partition coefficient (Wildman–Crippen LogP) is 3.38. The van der Waals surface area contributed by atoms with Crippen LogP contribution in [0.5, 0.6) is 0 Å². The van der Waals surface area contributed by atoms with E-state index in [2.05, 4.69) is 15.3 Å². The first-order chi connectivity index (χ1) is 18.4. The Morgan fingerprint density at radius 3 is 2.61 bits per heavy atom. The van der Waals surface area contributed by atoms with E-state index in [-0.39, 0.29) is 18.9 Å². The number of methoxy groups -OCH3 is 1. The zero-order chi connectivity index (χ0) is 26.5. The van der Waals surface area contributed by atoms with Gasteiger partial charge in [-0.15, -0.1) is 11.3 Å². The second-order valence-electron chi connectivity index (χ2n) is 10.4. The third kappa shape index (κ3) is 6.14. The number of ether oxygens (including phenoxy) is 1. The lowest BCUT2D eigenvalue weighted by atomic mass is 9.80. The molecule has 38 heavy (non-hydrogen) atoms. The van der Waals surface area contributed by atoms with Crippen LogP contribution in [0.25, 0.3) is 11.3 Å². The van der Waals surface area contributed by atoms with E-state index in [1.807, 2.05) is 46.7 Å². The molecule has 2 aliphatic rings. The van der Waals surface area contributed by atoms with E-state index in [0.717, 1.165) is 72.8 Å². The van der Waals surface area contributed by atoms with Gasteiger partial charge in [-0.25, -0.2) is 4.98 Å². The van der Waals surface area contributed by atoms with E-state index in [9.17, 15) is 14.7 Å². The lowest BCUT2D eigenvalue weighted by Gasteiger charge is -2.31. The van der Waals surface area contributed by atoms with Gasteiger partial charge < -0.3 is 20.1 Å². The molecule has 1 aliphatic carbocycles. The Labute approximate surface area is 226 Å². The molecule has 2 N–H and O–H groups in total. The van der Waals surface area contributed by atoms with Crippen LogP contribution in [0, 0.1) is 5.41 Å². The van der Waals surface area contributed by atoms with Crippen LogP contribution < -0.4 is 5.32 Å². The van der Waals surface area contributed by atoms with Crippen molar-refractivity contribution in [3.8, 4) is 11.3 Å². The molecule has 0 atom stereocenters. The van der Waals surface area contributed by atoms with Crippen molar-refractivity contribution in [2.75, 3.05) is 26.7 Å². The van der Waals surface area contributed by atoms with Crippen molar-refractivity contribution < 1.29 is 19.4 Å². The second kappa shape index (κ2) is 11.8. The number of hydrogen-bond acceptors (Lipinski definition) is 7. The topological polar surface area (TPSA) is 110 Å². The first-order valence-corrected chi connectivity index (χ1v) is 14.1. The molecule has 0 unspecified atom stereocenters. The number of benzene rings is 1. The second-order valence-corrected chi connectivity index (χ2v) is 11.3. The number of carboxylic acids is 1. The zero-order valence-electron chi connectivity index (χ0n) is 21.8. The maximum atomic E-state index is 13.3. The molecular formula is C28H35N5O4S. The first kappa shape index (κ1) is 26.5. The molecule has 9 nitrogen and oxygen atoms in total. The SMILES string of the molecule is COC1CCN(CCCn2cc(-c3csc(CNC(=O)C4(CC(=O)O)Cc5ccccc5C4)n3)cn2)CC1. The van der Waals surface area contributed by atoms with Gasteiger partial charge in [0.25, 0.3) is 0 Å². The highest BCUT2D eigenvalue weighted by atomic mass is 32.1. The number of carbonyl (C=O) groups is 2. The number of amides is 1. The summed E-state index contributed by atoms with van der Waals surface area (Å²) < 4.78 is 7.42. The number of carbonyl (C=O) groups excluding carboxylic acids is 1. The molecule has 1 fully saturated rings. The maximum absolute atomic E-state index is 13.3. The Hall–Kier alpha value is -3.08. The summed E-state index contributed by atoms with van der Waals surface area (Å²) in [5.41, 5.74) is 2.92. The summed E-state index contributed by atoms with van der Waals surface area (Å²) in [4.78, 5) is 32.1. The summed E-state index contributed by atoms with van der Waals surface area (Å²) in [7, 11) is 1.80. The van der Waals surface area contributed by atoms with Crippen molar-refractivity contribution >= 4 is 23.2 Å². The van der Waals surface area contributed by atoms with E-state index in [1.54, 1.807) is 7.11 Å². The molecule has 1 saturated heterocycles. The highest BCUT2D eigenvalue weighted by molar-refractivity contribution is 7.09. The maximum Gasteiger partial charge on any atom is 0.304 e. The zero-order valence-corrected chi connectivity index (χ0v) is 22.6. The van der Waals surface area contributed by atoms with Crippen LogP contribution in [0.1, 0.15) is 41.8 Å². The largest absolute Gasteiger partial charge is 0.481 e.